The molecule has 0 aliphatic carbocycles. The van der Waals surface area contributed by atoms with Crippen LogP contribution in [0.5, 0.6) is 5.75 Å². The summed E-state index contributed by atoms with van der Waals surface area (Å²) in [4.78, 5) is 40.8. The molecule has 1 aromatic carbocycles. The van der Waals surface area contributed by atoms with Gasteiger partial charge in [-0.15, -0.1) is 11.3 Å². The van der Waals surface area contributed by atoms with E-state index >= 15 is 0 Å². The molecule has 3 rings (SSSR count). The fourth-order valence-corrected chi connectivity index (χ4v) is 3.58. The van der Waals surface area contributed by atoms with Gasteiger partial charge in [0.2, 0.25) is 5.91 Å². The summed E-state index contributed by atoms with van der Waals surface area (Å²) in [5.74, 6) is -0.0617. The molecule has 3 aromatic rings. The number of ether oxygens (including phenoxy) is 2. The quantitative estimate of drug-likeness (QED) is 0.553. The average molecular weight is 429 g/mol. The van der Waals surface area contributed by atoms with Gasteiger partial charge in [0.1, 0.15) is 12.3 Å². The van der Waals surface area contributed by atoms with E-state index in [-0.39, 0.29) is 36.5 Å². The summed E-state index contributed by atoms with van der Waals surface area (Å²) in [6.45, 7) is 5.76. The summed E-state index contributed by atoms with van der Waals surface area (Å²) in [6, 6.07) is 7.03. The SMILES string of the molecule is CCOC(=O)Cc1csc(NC(=O)Cn2ccc3cc(OC(C)C)ccc3c2=O)n1. The van der Waals surface area contributed by atoms with E-state index in [0.29, 0.717) is 28.6 Å². The number of carbonyl (C=O) groups is 2. The van der Waals surface area contributed by atoms with E-state index in [9.17, 15) is 14.4 Å². The van der Waals surface area contributed by atoms with Crippen LogP contribution in [-0.2, 0) is 27.3 Å². The zero-order chi connectivity index (χ0) is 21.7. The van der Waals surface area contributed by atoms with E-state index in [0.717, 1.165) is 5.39 Å². The molecule has 0 spiro atoms. The van der Waals surface area contributed by atoms with Crippen molar-refractivity contribution in [3.63, 3.8) is 0 Å². The van der Waals surface area contributed by atoms with Gasteiger partial charge in [-0.3, -0.25) is 14.4 Å². The maximum Gasteiger partial charge on any atom is 0.311 e. The monoisotopic (exact) mass is 429 g/mol. The lowest BCUT2D eigenvalue weighted by atomic mass is 10.1. The van der Waals surface area contributed by atoms with Crippen LogP contribution in [0.3, 0.4) is 0 Å². The van der Waals surface area contributed by atoms with Crippen molar-refractivity contribution in [2.45, 2.75) is 39.8 Å². The minimum atomic E-state index is -0.381. The number of hydrogen-bond donors (Lipinski definition) is 1. The fourth-order valence-electron chi connectivity index (χ4n) is 2.86. The predicted octanol–water partition coefficient (Wildman–Crippen LogP) is 2.99. The van der Waals surface area contributed by atoms with Crippen molar-refractivity contribution in [1.82, 2.24) is 9.55 Å². The number of anilines is 1. The Labute approximate surface area is 177 Å². The molecule has 30 heavy (non-hydrogen) atoms. The van der Waals surface area contributed by atoms with Crippen LogP contribution in [0.15, 0.2) is 40.6 Å². The second-order valence-electron chi connectivity index (χ2n) is 6.84. The van der Waals surface area contributed by atoms with Crippen LogP contribution >= 0.6 is 11.3 Å². The van der Waals surface area contributed by atoms with Crippen LogP contribution in [0.1, 0.15) is 26.5 Å². The molecule has 9 heteroatoms. The number of carbonyl (C=O) groups excluding carboxylic acids is 2. The lowest BCUT2D eigenvalue weighted by Crippen LogP contribution is -2.27. The topological polar surface area (TPSA) is 99.5 Å². The highest BCUT2D eigenvalue weighted by Crippen LogP contribution is 2.20. The number of fused-ring (bicyclic) bond motifs is 1. The van der Waals surface area contributed by atoms with Crippen molar-refractivity contribution < 1.29 is 19.1 Å². The molecule has 0 bridgehead atoms. The van der Waals surface area contributed by atoms with Crippen molar-refractivity contribution in [3.8, 4) is 5.75 Å². The van der Waals surface area contributed by atoms with Gasteiger partial charge in [0, 0.05) is 17.0 Å². The lowest BCUT2D eigenvalue weighted by Gasteiger charge is -2.11. The van der Waals surface area contributed by atoms with Crippen LogP contribution < -0.4 is 15.6 Å². The van der Waals surface area contributed by atoms with E-state index in [1.165, 1.54) is 15.9 Å². The van der Waals surface area contributed by atoms with Gasteiger partial charge in [-0.2, -0.15) is 0 Å². The van der Waals surface area contributed by atoms with E-state index in [1.807, 2.05) is 19.9 Å². The number of aromatic nitrogens is 2. The van der Waals surface area contributed by atoms with Crippen molar-refractivity contribution in [2.24, 2.45) is 0 Å². The minimum absolute atomic E-state index is 0.0372. The Morgan fingerprint density at radius 2 is 2.07 bits per heavy atom. The second-order valence-corrected chi connectivity index (χ2v) is 7.70. The van der Waals surface area contributed by atoms with E-state index < -0.39 is 0 Å². The molecular weight excluding hydrogens is 406 g/mol. The third-order valence-electron chi connectivity index (χ3n) is 4.06. The first-order valence-electron chi connectivity index (χ1n) is 9.55. The molecule has 8 nitrogen and oxygen atoms in total. The Kier molecular flexibility index (Phi) is 6.83. The fraction of sp³-hybridized carbons (Fsp3) is 0.333. The Morgan fingerprint density at radius 3 is 2.80 bits per heavy atom. The third-order valence-corrected chi connectivity index (χ3v) is 4.87. The highest BCUT2D eigenvalue weighted by molar-refractivity contribution is 7.13. The summed E-state index contributed by atoms with van der Waals surface area (Å²) in [6.07, 6.45) is 1.67. The zero-order valence-electron chi connectivity index (χ0n) is 17.0. The molecule has 0 saturated carbocycles. The number of benzene rings is 1. The summed E-state index contributed by atoms with van der Waals surface area (Å²) in [7, 11) is 0. The molecule has 2 heterocycles. The van der Waals surface area contributed by atoms with Gasteiger partial charge < -0.3 is 19.4 Å². The smallest absolute Gasteiger partial charge is 0.311 e. The van der Waals surface area contributed by atoms with Gasteiger partial charge in [-0.1, -0.05) is 0 Å². The standard InChI is InChI=1S/C21H23N3O5S/c1-4-28-19(26)10-15-12-30-21(22-15)23-18(25)11-24-8-7-14-9-16(29-13(2)3)5-6-17(14)20(24)27/h5-9,12-13H,4,10-11H2,1-3H3,(H,22,23,25). The molecule has 1 amide bonds. The van der Waals surface area contributed by atoms with E-state index in [1.54, 1.807) is 36.7 Å². The Hall–Kier alpha value is -3.20. The zero-order valence-corrected chi connectivity index (χ0v) is 17.8. The van der Waals surface area contributed by atoms with Crippen LogP contribution in [0.25, 0.3) is 10.8 Å². The average Bonchev–Trinajstić information content (AvgIpc) is 3.10. The van der Waals surface area contributed by atoms with Gasteiger partial charge >= 0.3 is 5.97 Å². The first-order chi connectivity index (χ1) is 14.4. The molecule has 0 unspecified atom stereocenters. The molecule has 0 radical (unpaired) electrons. The molecule has 0 atom stereocenters. The molecule has 0 saturated heterocycles. The number of nitrogens with zero attached hydrogens (tertiary/aromatic N) is 2. The highest BCUT2D eigenvalue weighted by atomic mass is 32.1. The van der Waals surface area contributed by atoms with Gasteiger partial charge in [0.25, 0.3) is 5.56 Å². The van der Waals surface area contributed by atoms with Crippen molar-refractivity contribution in [3.05, 3.63) is 51.9 Å². The first-order valence-corrected chi connectivity index (χ1v) is 10.4. The molecule has 0 aliphatic rings. The van der Waals surface area contributed by atoms with Crippen LogP contribution in [0.4, 0.5) is 5.13 Å². The molecule has 0 fully saturated rings. The lowest BCUT2D eigenvalue weighted by molar-refractivity contribution is -0.142. The van der Waals surface area contributed by atoms with Gasteiger partial charge in [0.05, 0.1) is 24.8 Å². The molecule has 0 aliphatic heterocycles. The van der Waals surface area contributed by atoms with Crippen molar-refractivity contribution in [1.29, 1.82) is 0 Å². The summed E-state index contributed by atoms with van der Waals surface area (Å²) >= 11 is 1.21. The third kappa shape index (κ3) is 5.44. The summed E-state index contributed by atoms with van der Waals surface area (Å²) in [5, 5.41) is 5.96. The number of hydrogen-bond acceptors (Lipinski definition) is 7. The first kappa shape index (κ1) is 21.5. The normalized spacial score (nSPS) is 10.9. The number of esters is 1. The number of pyridine rings is 1. The molecule has 1 N–H and O–H groups in total. The Morgan fingerprint density at radius 1 is 1.27 bits per heavy atom. The number of thiazole rings is 1. The van der Waals surface area contributed by atoms with Crippen molar-refractivity contribution >= 4 is 39.1 Å². The van der Waals surface area contributed by atoms with E-state index in [4.69, 9.17) is 9.47 Å². The van der Waals surface area contributed by atoms with Gasteiger partial charge in [-0.25, -0.2) is 4.98 Å². The van der Waals surface area contributed by atoms with Gasteiger partial charge in [-0.05, 0) is 50.4 Å². The van der Waals surface area contributed by atoms with Gasteiger partial charge in [0.15, 0.2) is 5.13 Å². The number of amides is 1. The predicted molar refractivity (Wildman–Crippen MR) is 115 cm³/mol. The summed E-state index contributed by atoms with van der Waals surface area (Å²) in [5.41, 5.74) is 0.261. The highest BCUT2D eigenvalue weighted by Gasteiger charge is 2.12. The molecular formula is C21H23N3O5S. The van der Waals surface area contributed by atoms with E-state index in [2.05, 4.69) is 10.3 Å². The maximum absolute atomic E-state index is 12.7. The van der Waals surface area contributed by atoms with Crippen LogP contribution in [-0.4, -0.2) is 34.1 Å². The van der Waals surface area contributed by atoms with Crippen molar-refractivity contribution in [2.75, 3.05) is 11.9 Å². The second kappa shape index (κ2) is 9.53. The molecule has 2 aromatic heterocycles. The Balaban J connectivity index is 1.68. The largest absolute Gasteiger partial charge is 0.491 e. The Bertz CT molecular complexity index is 1120. The maximum atomic E-state index is 12.7. The minimum Gasteiger partial charge on any atom is -0.491 e. The number of nitrogens with one attached hydrogen (secondary N) is 1. The molecule has 158 valence electrons. The summed E-state index contributed by atoms with van der Waals surface area (Å²) < 4.78 is 11.9. The van der Waals surface area contributed by atoms with Crippen LogP contribution in [0, 0.1) is 0 Å². The number of rotatable bonds is 8. The van der Waals surface area contributed by atoms with Crippen LogP contribution in [0.2, 0.25) is 0 Å².